The maximum Gasteiger partial charge on any atom is 0.445 e. The van der Waals surface area contributed by atoms with Gasteiger partial charge >= 0.3 is 10.4 Å². The first-order valence-electron chi connectivity index (χ1n) is 10.6. The lowest BCUT2D eigenvalue weighted by Crippen LogP contribution is -2.31. The molecule has 3 N–H and O–H groups in total. The second kappa shape index (κ2) is 9.86. The third-order valence-electron chi connectivity index (χ3n) is 5.28. The van der Waals surface area contributed by atoms with Crippen LogP contribution in [0.15, 0.2) is 55.2 Å². The van der Waals surface area contributed by atoms with Gasteiger partial charge in [-0.1, -0.05) is 12.1 Å². The van der Waals surface area contributed by atoms with Gasteiger partial charge in [-0.2, -0.15) is 8.42 Å². The van der Waals surface area contributed by atoms with Gasteiger partial charge in [-0.25, -0.2) is 4.98 Å². The molecule has 1 aliphatic heterocycles. The van der Waals surface area contributed by atoms with Crippen molar-refractivity contribution in [3.63, 3.8) is 0 Å². The molecule has 1 aliphatic rings. The Hall–Kier alpha value is -3.74. The summed E-state index contributed by atoms with van der Waals surface area (Å²) in [6.45, 7) is 0.821. The monoisotopic (exact) mass is 503 g/mol. The number of ether oxygens (including phenoxy) is 2. The fraction of sp³-hybridized carbons (Fsp3) is 0.261. The number of rotatable bonds is 9. The molecule has 4 rings (SSSR count). The van der Waals surface area contributed by atoms with Crippen LogP contribution in [0.2, 0.25) is 0 Å². The third kappa shape index (κ3) is 6.04. The highest BCUT2D eigenvalue weighted by Gasteiger charge is 2.35. The van der Waals surface area contributed by atoms with Crippen LogP contribution in [-0.4, -0.2) is 64.6 Å². The van der Waals surface area contributed by atoms with Gasteiger partial charge in [-0.15, -0.1) is 0 Å². The van der Waals surface area contributed by atoms with Crippen molar-refractivity contribution < 1.29 is 36.8 Å². The van der Waals surface area contributed by atoms with Crippen LogP contribution in [0, 0.1) is 0 Å². The number of aromatic nitrogens is 2. The molecule has 1 aromatic heterocycles. The summed E-state index contributed by atoms with van der Waals surface area (Å²) < 4.78 is 48.3. The Morgan fingerprint density at radius 2 is 1.91 bits per heavy atom. The highest BCUT2D eigenvalue weighted by atomic mass is 32.3. The van der Waals surface area contributed by atoms with Crippen molar-refractivity contribution >= 4 is 16.5 Å². The summed E-state index contributed by atoms with van der Waals surface area (Å²) in [7, 11) is -0.631. The number of benzene rings is 2. The summed E-state index contributed by atoms with van der Waals surface area (Å²) in [5.41, 5.74) is 2.04. The van der Waals surface area contributed by atoms with Crippen LogP contribution < -0.4 is 9.47 Å². The van der Waals surface area contributed by atoms with Crippen LogP contribution in [0.1, 0.15) is 22.9 Å². The molecule has 2 atom stereocenters. The largest absolute Gasteiger partial charge is 0.504 e. The molecule has 0 saturated heterocycles. The molecule has 0 fully saturated rings. The Kier molecular flexibility index (Phi) is 6.87. The third-order valence-corrected chi connectivity index (χ3v) is 5.64. The standard InChI is InChI=1S/C23H25N3O8S/c1-25(2)9-7-17-13-26(14-24-17)22(16-4-5-18(27)19(28)12-16)23-33-20-6-3-15(11-21(20)34-23)8-10-32-35(29,30)31/h3-6,8,10-14,22-23,27-28H,7,9H2,1-2H3,(H,29,30,31)/b10-8-/t22?,23-/m1/s1. The number of nitrogens with zero attached hydrogens (tertiary/aromatic N) is 3. The minimum atomic E-state index is -4.59. The van der Waals surface area contributed by atoms with Gasteiger partial charge in [-0.3, -0.25) is 4.55 Å². The first kappa shape index (κ1) is 24.4. The number of hydrogen-bond donors (Lipinski definition) is 3. The Morgan fingerprint density at radius 3 is 2.63 bits per heavy atom. The molecule has 35 heavy (non-hydrogen) atoms. The number of hydrogen-bond acceptors (Lipinski definition) is 9. The first-order valence-corrected chi connectivity index (χ1v) is 11.9. The molecule has 186 valence electrons. The predicted octanol–water partition coefficient (Wildman–Crippen LogP) is 2.58. The van der Waals surface area contributed by atoms with Crippen LogP contribution in [0.5, 0.6) is 23.0 Å². The number of imidazole rings is 1. The van der Waals surface area contributed by atoms with Gasteiger partial charge in [0.1, 0.15) is 12.3 Å². The highest BCUT2D eigenvalue weighted by molar-refractivity contribution is 7.81. The average molecular weight is 504 g/mol. The summed E-state index contributed by atoms with van der Waals surface area (Å²) in [5, 5.41) is 19.9. The molecule has 0 radical (unpaired) electrons. The van der Waals surface area contributed by atoms with E-state index in [2.05, 4.69) is 14.1 Å². The van der Waals surface area contributed by atoms with E-state index >= 15 is 0 Å². The zero-order valence-electron chi connectivity index (χ0n) is 19.0. The number of phenolic OH excluding ortho intramolecular Hbond substituents is 2. The van der Waals surface area contributed by atoms with E-state index in [1.54, 1.807) is 30.6 Å². The van der Waals surface area contributed by atoms with Gasteiger partial charge < -0.3 is 33.3 Å². The smallest absolute Gasteiger partial charge is 0.445 e. The van der Waals surface area contributed by atoms with Crippen molar-refractivity contribution in [2.75, 3.05) is 20.6 Å². The second-order valence-electron chi connectivity index (χ2n) is 8.20. The molecule has 3 aromatic rings. The molecule has 0 amide bonds. The van der Waals surface area contributed by atoms with E-state index in [1.165, 1.54) is 18.2 Å². The van der Waals surface area contributed by atoms with E-state index in [0.29, 0.717) is 22.6 Å². The van der Waals surface area contributed by atoms with Crippen LogP contribution in [0.25, 0.3) is 6.08 Å². The van der Waals surface area contributed by atoms with Gasteiger partial charge in [0.05, 0.1) is 12.0 Å². The van der Waals surface area contributed by atoms with Crippen molar-refractivity contribution in [3.8, 4) is 23.0 Å². The molecule has 2 aromatic carbocycles. The first-order chi connectivity index (χ1) is 16.6. The van der Waals surface area contributed by atoms with Crippen LogP contribution in [0.3, 0.4) is 0 Å². The minimum Gasteiger partial charge on any atom is -0.504 e. The molecule has 2 heterocycles. The number of aromatic hydroxyl groups is 2. The number of phenols is 2. The van der Waals surface area contributed by atoms with Gasteiger partial charge in [0.2, 0.25) is 0 Å². The Bertz CT molecular complexity index is 1340. The number of likely N-dealkylation sites (N-methyl/N-ethyl adjacent to an activating group) is 1. The molecule has 0 spiro atoms. The molecule has 11 nitrogen and oxygen atoms in total. The van der Waals surface area contributed by atoms with Crippen LogP contribution >= 0.6 is 0 Å². The fourth-order valence-electron chi connectivity index (χ4n) is 3.59. The zero-order valence-corrected chi connectivity index (χ0v) is 19.8. The van der Waals surface area contributed by atoms with Crippen molar-refractivity contribution in [1.29, 1.82) is 0 Å². The van der Waals surface area contributed by atoms with Crippen molar-refractivity contribution in [2.24, 2.45) is 0 Å². The van der Waals surface area contributed by atoms with Gasteiger partial charge in [0.25, 0.3) is 6.29 Å². The van der Waals surface area contributed by atoms with E-state index in [9.17, 15) is 18.6 Å². The normalized spacial score (nSPS) is 16.2. The molecular weight excluding hydrogens is 478 g/mol. The van der Waals surface area contributed by atoms with Gasteiger partial charge in [0.15, 0.2) is 23.0 Å². The average Bonchev–Trinajstić information content (AvgIpc) is 3.41. The molecular formula is C23H25N3O8S. The summed E-state index contributed by atoms with van der Waals surface area (Å²) in [4.78, 5) is 6.54. The van der Waals surface area contributed by atoms with E-state index in [0.717, 1.165) is 24.9 Å². The minimum absolute atomic E-state index is 0.245. The number of fused-ring (bicyclic) bond motifs is 1. The van der Waals surface area contributed by atoms with Gasteiger partial charge in [0, 0.05) is 19.2 Å². The summed E-state index contributed by atoms with van der Waals surface area (Å²) in [5.74, 6) is 0.348. The fourth-order valence-corrected chi connectivity index (χ4v) is 3.79. The summed E-state index contributed by atoms with van der Waals surface area (Å²) >= 11 is 0. The van der Waals surface area contributed by atoms with E-state index < -0.39 is 22.7 Å². The summed E-state index contributed by atoms with van der Waals surface area (Å²) in [6.07, 6.45) is 5.63. The zero-order chi connectivity index (χ0) is 25.2. The second-order valence-corrected chi connectivity index (χ2v) is 9.24. The van der Waals surface area contributed by atoms with Crippen LogP contribution in [-0.2, 0) is 21.0 Å². The lowest BCUT2D eigenvalue weighted by molar-refractivity contribution is 0.0148. The maximum absolute atomic E-state index is 10.7. The molecule has 1 unspecified atom stereocenters. The van der Waals surface area contributed by atoms with E-state index in [-0.39, 0.29) is 11.5 Å². The molecule has 12 heteroatoms. The Labute approximate surface area is 202 Å². The highest BCUT2D eigenvalue weighted by Crippen LogP contribution is 2.41. The predicted molar refractivity (Wildman–Crippen MR) is 126 cm³/mol. The van der Waals surface area contributed by atoms with Crippen molar-refractivity contribution in [1.82, 2.24) is 14.5 Å². The quantitative estimate of drug-likeness (QED) is 0.226. The molecule has 0 aliphatic carbocycles. The summed E-state index contributed by atoms with van der Waals surface area (Å²) in [6, 6.07) is 8.88. The van der Waals surface area contributed by atoms with E-state index in [4.69, 9.17) is 14.0 Å². The maximum atomic E-state index is 10.7. The Balaban J connectivity index is 1.61. The van der Waals surface area contributed by atoms with Crippen LogP contribution in [0.4, 0.5) is 0 Å². The topological polar surface area (TPSA) is 144 Å². The SMILES string of the molecule is CN(C)CCc1cn(C(c2ccc(O)c(O)c2)[C@@H]2Oc3ccc(/C=C\OS(=O)(=O)O)cc3O2)cn1. The van der Waals surface area contributed by atoms with Gasteiger partial charge in [-0.05, 0) is 55.6 Å². The molecule has 0 saturated carbocycles. The lowest BCUT2D eigenvalue weighted by Gasteiger charge is -2.24. The Morgan fingerprint density at radius 1 is 1.14 bits per heavy atom. The molecule has 0 bridgehead atoms. The lowest BCUT2D eigenvalue weighted by atomic mass is 10.1. The van der Waals surface area contributed by atoms with E-state index in [1.807, 2.05) is 24.9 Å². The van der Waals surface area contributed by atoms with Crippen molar-refractivity contribution in [3.05, 3.63) is 72.0 Å². The van der Waals surface area contributed by atoms with Crippen molar-refractivity contribution in [2.45, 2.75) is 18.8 Å².